The normalized spacial score (nSPS) is 29.0. The molecule has 0 saturated carbocycles. The molecule has 3 atom stereocenters. The topological polar surface area (TPSA) is 66.0 Å². The summed E-state index contributed by atoms with van der Waals surface area (Å²) in [5.41, 5.74) is 8.58. The Labute approximate surface area is 126 Å². The fourth-order valence-electron chi connectivity index (χ4n) is 3.12. The number of carbonyl (C=O) groups is 1. The second-order valence-electron chi connectivity index (χ2n) is 5.39. The van der Waals surface area contributed by atoms with Crippen molar-refractivity contribution in [3.05, 3.63) is 42.1 Å². The highest BCUT2D eigenvalue weighted by atomic mass is 32.2. The number of aromatic nitrogens is 1. The van der Waals surface area contributed by atoms with E-state index in [0.717, 1.165) is 17.4 Å². The van der Waals surface area contributed by atoms with Gasteiger partial charge in [-0.1, -0.05) is 24.3 Å². The Morgan fingerprint density at radius 2 is 2.14 bits per heavy atom. The smallest absolute Gasteiger partial charge is 0.231 e. The van der Waals surface area contributed by atoms with E-state index in [1.165, 1.54) is 5.56 Å². The molecule has 2 aromatic rings. The third kappa shape index (κ3) is 2.29. The third-order valence-corrected chi connectivity index (χ3v) is 5.48. The van der Waals surface area contributed by atoms with Gasteiger partial charge in [0.2, 0.25) is 5.91 Å². The summed E-state index contributed by atoms with van der Waals surface area (Å²) < 4.78 is 0. The van der Waals surface area contributed by atoms with Crippen LogP contribution in [-0.2, 0) is 4.79 Å². The molecule has 0 radical (unpaired) electrons. The maximum absolute atomic E-state index is 11.9. The van der Waals surface area contributed by atoms with Crippen LogP contribution in [0.1, 0.15) is 10.8 Å². The Balaban J connectivity index is 1.81. The van der Waals surface area contributed by atoms with Crippen LogP contribution < -0.4 is 16.2 Å². The number of hydrogen-bond donors (Lipinski definition) is 3. The number of hydrazine groups is 1. The number of rotatable bonds is 1. The number of nitrogens with zero attached hydrogens (tertiary/aromatic N) is 1. The lowest BCUT2D eigenvalue weighted by atomic mass is 9.95. The number of amides is 1. The molecule has 2 saturated heterocycles. The first-order chi connectivity index (χ1) is 10.3. The average Bonchev–Trinajstić information content (AvgIpc) is 2.89. The molecule has 2 aliphatic rings. The van der Waals surface area contributed by atoms with Gasteiger partial charge >= 0.3 is 0 Å². The van der Waals surface area contributed by atoms with Crippen LogP contribution >= 0.6 is 11.8 Å². The van der Waals surface area contributed by atoms with E-state index in [0.29, 0.717) is 11.7 Å². The van der Waals surface area contributed by atoms with Crippen molar-refractivity contribution >= 4 is 28.6 Å². The largest absolute Gasteiger partial charge is 0.338 e. The molecule has 1 aromatic heterocycles. The zero-order valence-electron chi connectivity index (χ0n) is 11.4. The molecule has 0 spiro atoms. The summed E-state index contributed by atoms with van der Waals surface area (Å²) in [7, 11) is 0. The number of thioether (sulfide) groups is 1. The van der Waals surface area contributed by atoms with Crippen molar-refractivity contribution < 1.29 is 4.79 Å². The molecule has 3 unspecified atom stereocenters. The number of para-hydroxylation sites is 1. The molecule has 2 aliphatic heterocycles. The summed E-state index contributed by atoms with van der Waals surface area (Å²) in [6.45, 7) is 0.839. The highest BCUT2D eigenvalue weighted by molar-refractivity contribution is 8.00. The lowest BCUT2D eigenvalue weighted by Crippen LogP contribution is -2.46. The number of hydrogen-bond acceptors (Lipinski definition) is 5. The fraction of sp³-hybridized carbons (Fsp3) is 0.333. The van der Waals surface area contributed by atoms with Crippen LogP contribution in [0.3, 0.4) is 0 Å². The van der Waals surface area contributed by atoms with Crippen molar-refractivity contribution in [1.82, 2.24) is 21.2 Å². The van der Waals surface area contributed by atoms with Crippen molar-refractivity contribution in [1.29, 1.82) is 0 Å². The van der Waals surface area contributed by atoms with Gasteiger partial charge in [-0.3, -0.25) is 15.2 Å². The van der Waals surface area contributed by atoms with Crippen LogP contribution in [0, 0.1) is 5.92 Å². The van der Waals surface area contributed by atoms with Gasteiger partial charge in [0.15, 0.2) is 0 Å². The quantitative estimate of drug-likeness (QED) is 0.738. The summed E-state index contributed by atoms with van der Waals surface area (Å²) in [6.07, 6.45) is 1.82. The second-order valence-corrected chi connectivity index (χ2v) is 6.52. The molecule has 0 bridgehead atoms. The maximum Gasteiger partial charge on any atom is 0.231 e. The van der Waals surface area contributed by atoms with Crippen LogP contribution in [0.15, 0.2) is 36.5 Å². The average molecular weight is 300 g/mol. The van der Waals surface area contributed by atoms with Gasteiger partial charge in [-0.2, -0.15) is 0 Å². The monoisotopic (exact) mass is 300 g/mol. The van der Waals surface area contributed by atoms with Gasteiger partial charge in [-0.05, 0) is 11.6 Å². The Bertz CT molecular complexity index is 687. The van der Waals surface area contributed by atoms with Crippen molar-refractivity contribution in [2.45, 2.75) is 11.4 Å². The number of benzene rings is 1. The fourth-order valence-corrected chi connectivity index (χ4v) is 4.40. The lowest BCUT2D eigenvalue weighted by molar-refractivity contribution is -0.119. The van der Waals surface area contributed by atoms with E-state index in [-0.39, 0.29) is 17.3 Å². The molecule has 3 N–H and O–H groups in total. The van der Waals surface area contributed by atoms with Crippen molar-refractivity contribution in [3.63, 3.8) is 0 Å². The highest BCUT2D eigenvalue weighted by Gasteiger charge is 2.39. The van der Waals surface area contributed by atoms with Gasteiger partial charge in [0.1, 0.15) is 0 Å². The van der Waals surface area contributed by atoms with Crippen LogP contribution in [0.5, 0.6) is 0 Å². The first-order valence-corrected chi connectivity index (χ1v) is 8.11. The van der Waals surface area contributed by atoms with Crippen molar-refractivity contribution in [2.24, 2.45) is 5.92 Å². The predicted octanol–water partition coefficient (Wildman–Crippen LogP) is 1.19. The van der Waals surface area contributed by atoms with E-state index in [9.17, 15) is 4.79 Å². The Morgan fingerprint density at radius 3 is 3.10 bits per heavy atom. The van der Waals surface area contributed by atoms with E-state index >= 15 is 0 Å². The van der Waals surface area contributed by atoms with Gasteiger partial charge in [-0.15, -0.1) is 11.8 Å². The molecule has 5 nitrogen and oxygen atoms in total. The number of fused-ring (bicyclic) bond motifs is 2. The van der Waals surface area contributed by atoms with Crippen molar-refractivity contribution in [3.8, 4) is 0 Å². The standard InChI is InChI=1S/C15H16N4OS/c20-12-8-21-14(11-7-17-19-15(11)18-12)10-5-1-3-9-4-2-6-16-13(9)10/h1-6,11,14-15,17,19H,7-8H2,(H,18,20). The zero-order valence-corrected chi connectivity index (χ0v) is 12.2. The van der Waals surface area contributed by atoms with E-state index in [1.807, 2.05) is 12.3 Å². The third-order valence-electron chi connectivity index (χ3n) is 4.09. The molecule has 108 valence electrons. The minimum absolute atomic E-state index is 0.0172. The SMILES string of the molecule is O=C1CSC(c2cccc3cccnc23)C2CNNC2N1. The maximum atomic E-state index is 11.9. The van der Waals surface area contributed by atoms with Gasteiger partial charge in [-0.25, -0.2) is 5.43 Å². The Hall–Kier alpha value is -1.63. The van der Waals surface area contributed by atoms with Crippen LogP contribution in [0.2, 0.25) is 0 Å². The predicted molar refractivity (Wildman–Crippen MR) is 83.5 cm³/mol. The van der Waals surface area contributed by atoms with Gasteiger partial charge < -0.3 is 5.32 Å². The Kier molecular flexibility index (Phi) is 3.29. The lowest BCUT2D eigenvalue weighted by Gasteiger charge is -2.24. The van der Waals surface area contributed by atoms with Crippen LogP contribution in [-0.4, -0.2) is 29.4 Å². The molecule has 2 fully saturated rings. The van der Waals surface area contributed by atoms with Gasteiger partial charge in [0.05, 0.1) is 17.4 Å². The molecule has 1 amide bonds. The van der Waals surface area contributed by atoms with E-state index in [1.54, 1.807) is 11.8 Å². The minimum Gasteiger partial charge on any atom is -0.338 e. The number of carbonyl (C=O) groups excluding carboxylic acids is 1. The Morgan fingerprint density at radius 1 is 1.24 bits per heavy atom. The van der Waals surface area contributed by atoms with E-state index in [4.69, 9.17) is 0 Å². The summed E-state index contributed by atoms with van der Waals surface area (Å²) in [6, 6.07) is 10.3. The zero-order chi connectivity index (χ0) is 14.2. The first kappa shape index (κ1) is 13.1. The molecule has 21 heavy (non-hydrogen) atoms. The highest BCUT2D eigenvalue weighted by Crippen LogP contribution is 2.41. The molecular weight excluding hydrogens is 284 g/mol. The molecule has 4 rings (SSSR count). The summed E-state index contributed by atoms with van der Waals surface area (Å²) in [5, 5.41) is 4.43. The first-order valence-electron chi connectivity index (χ1n) is 7.06. The van der Waals surface area contributed by atoms with E-state index in [2.05, 4.69) is 45.4 Å². The molecule has 0 aliphatic carbocycles. The summed E-state index contributed by atoms with van der Waals surface area (Å²) in [4.78, 5) is 16.4. The molecule has 6 heteroatoms. The van der Waals surface area contributed by atoms with Gasteiger partial charge in [0, 0.05) is 29.3 Å². The van der Waals surface area contributed by atoms with Gasteiger partial charge in [0.25, 0.3) is 0 Å². The van der Waals surface area contributed by atoms with Crippen LogP contribution in [0.4, 0.5) is 0 Å². The number of nitrogens with one attached hydrogen (secondary N) is 3. The number of pyridine rings is 1. The molecule has 3 heterocycles. The summed E-state index contributed by atoms with van der Waals surface area (Å²) >= 11 is 1.70. The van der Waals surface area contributed by atoms with Crippen LogP contribution in [0.25, 0.3) is 10.9 Å². The molecule has 1 aromatic carbocycles. The minimum atomic E-state index is -0.0172. The molecular formula is C15H16N4OS. The van der Waals surface area contributed by atoms with E-state index < -0.39 is 0 Å². The second kappa shape index (κ2) is 5.29. The summed E-state index contributed by atoms with van der Waals surface area (Å²) in [5.74, 6) is 0.888. The van der Waals surface area contributed by atoms with Crippen molar-refractivity contribution in [2.75, 3.05) is 12.3 Å².